The molecule has 0 aliphatic rings. The highest BCUT2D eigenvalue weighted by molar-refractivity contribution is 7.80. The lowest BCUT2D eigenvalue weighted by molar-refractivity contribution is 0.659. The lowest BCUT2D eigenvalue weighted by Crippen LogP contribution is -2.20. The third kappa shape index (κ3) is 6.23. The van der Waals surface area contributed by atoms with Crippen molar-refractivity contribution < 1.29 is 0 Å². The van der Waals surface area contributed by atoms with Crippen molar-refractivity contribution >= 4 is 86.8 Å². The van der Waals surface area contributed by atoms with E-state index in [2.05, 4.69) is 20.8 Å². The van der Waals surface area contributed by atoms with Gasteiger partial charge in [0.05, 0.1) is 50.3 Å². The Hall–Kier alpha value is -2.00. The van der Waals surface area contributed by atoms with Crippen LogP contribution in [0.2, 0.25) is 25.1 Å². The van der Waals surface area contributed by atoms with E-state index in [0.717, 1.165) is 28.2 Å². The summed E-state index contributed by atoms with van der Waals surface area (Å²) in [6.07, 6.45) is 1.71. The van der Waals surface area contributed by atoms with Crippen LogP contribution >= 0.6 is 70.2 Å². The van der Waals surface area contributed by atoms with Gasteiger partial charge in [0.15, 0.2) is 10.9 Å². The molecule has 0 amide bonds. The van der Waals surface area contributed by atoms with Crippen molar-refractivity contribution in [2.75, 3.05) is 10.6 Å². The zero-order valence-corrected chi connectivity index (χ0v) is 23.1. The van der Waals surface area contributed by atoms with E-state index in [1.54, 1.807) is 29.1 Å². The number of hydrogen-bond donors (Lipinski definition) is 2. The molecule has 0 spiro atoms. The number of nitrogens with one attached hydrogen (secondary N) is 2. The smallest absolute Gasteiger partial charge is 0.176 e. The quantitative estimate of drug-likeness (QED) is 0.225. The minimum Gasteiger partial charge on any atom is -0.329 e. The lowest BCUT2D eigenvalue weighted by Gasteiger charge is -2.10. The van der Waals surface area contributed by atoms with E-state index in [-0.39, 0.29) is 0 Å². The van der Waals surface area contributed by atoms with Gasteiger partial charge in [0.2, 0.25) is 0 Å². The Bertz CT molecular complexity index is 1410. The van der Waals surface area contributed by atoms with E-state index in [1.165, 1.54) is 0 Å². The molecule has 2 aromatic heterocycles. The van der Waals surface area contributed by atoms with E-state index in [1.807, 2.05) is 36.7 Å². The molecular formula is C23H19Cl5N6S. The number of thiocarbonyl (C=S) groups is 1. The van der Waals surface area contributed by atoms with Crippen molar-refractivity contribution in [1.29, 1.82) is 0 Å². The number of anilines is 2. The molecule has 2 aromatic carbocycles. The van der Waals surface area contributed by atoms with Gasteiger partial charge in [-0.05, 0) is 61.5 Å². The molecule has 0 fully saturated rings. The standard InChI is InChI=1S/C23H19Cl5N6S/c1-12-21(13(2)34(31-12)10-15-4-6-17(25)19(27)8-15)29-23(35)30-22-20(28)11-33(32-22)9-14-3-5-16(24)18(26)7-14/h3-8,11H,9-10H2,1-2H3,(H2,29,30,32,35). The lowest BCUT2D eigenvalue weighted by atomic mass is 10.2. The zero-order chi connectivity index (χ0) is 25.3. The van der Waals surface area contributed by atoms with Crippen LogP contribution in [0.3, 0.4) is 0 Å². The van der Waals surface area contributed by atoms with Crippen LogP contribution in [0.15, 0.2) is 42.6 Å². The van der Waals surface area contributed by atoms with Crippen molar-refractivity contribution in [2.24, 2.45) is 0 Å². The highest BCUT2D eigenvalue weighted by Gasteiger charge is 2.15. The summed E-state index contributed by atoms with van der Waals surface area (Å²) in [5, 5.41) is 18.1. The van der Waals surface area contributed by atoms with E-state index in [4.69, 9.17) is 70.2 Å². The summed E-state index contributed by atoms with van der Waals surface area (Å²) in [5.41, 5.74) is 4.42. The number of benzene rings is 2. The molecule has 4 rings (SSSR count). The number of halogens is 5. The second-order valence-electron chi connectivity index (χ2n) is 7.80. The highest BCUT2D eigenvalue weighted by Crippen LogP contribution is 2.27. The second kappa shape index (κ2) is 10.9. The van der Waals surface area contributed by atoms with Gasteiger partial charge in [0.1, 0.15) is 5.02 Å². The summed E-state index contributed by atoms with van der Waals surface area (Å²) >= 11 is 36.1. The van der Waals surface area contributed by atoms with Gasteiger partial charge in [-0.3, -0.25) is 9.36 Å². The summed E-state index contributed by atoms with van der Waals surface area (Å²) in [6, 6.07) is 10.9. The van der Waals surface area contributed by atoms with E-state index >= 15 is 0 Å². The maximum Gasteiger partial charge on any atom is 0.176 e. The molecule has 0 saturated carbocycles. The van der Waals surface area contributed by atoms with Crippen LogP contribution in [0.4, 0.5) is 11.5 Å². The van der Waals surface area contributed by atoms with E-state index in [9.17, 15) is 0 Å². The Morgan fingerprint density at radius 2 is 1.40 bits per heavy atom. The molecule has 4 aromatic rings. The third-order valence-electron chi connectivity index (χ3n) is 5.21. The van der Waals surface area contributed by atoms with Crippen molar-refractivity contribution in [3.8, 4) is 0 Å². The van der Waals surface area contributed by atoms with Crippen molar-refractivity contribution in [1.82, 2.24) is 19.6 Å². The van der Waals surface area contributed by atoms with Crippen LogP contribution in [0, 0.1) is 13.8 Å². The van der Waals surface area contributed by atoms with Crippen LogP contribution in [0.5, 0.6) is 0 Å². The molecule has 0 bridgehead atoms. The predicted molar refractivity (Wildman–Crippen MR) is 150 cm³/mol. The number of hydrogen-bond acceptors (Lipinski definition) is 3. The van der Waals surface area contributed by atoms with Gasteiger partial charge in [-0.25, -0.2) is 0 Å². The van der Waals surface area contributed by atoms with Crippen LogP contribution in [0.25, 0.3) is 0 Å². The van der Waals surface area contributed by atoms with Gasteiger partial charge in [0.25, 0.3) is 0 Å². The Kier molecular flexibility index (Phi) is 8.16. The number of nitrogens with zero attached hydrogens (tertiary/aromatic N) is 4. The van der Waals surface area contributed by atoms with Crippen molar-refractivity contribution in [3.63, 3.8) is 0 Å². The molecular weight excluding hydrogens is 570 g/mol. The molecule has 6 nitrogen and oxygen atoms in total. The van der Waals surface area contributed by atoms with Crippen molar-refractivity contribution in [3.05, 3.63) is 90.2 Å². The zero-order valence-electron chi connectivity index (χ0n) is 18.5. The first kappa shape index (κ1) is 26.1. The first-order valence-corrected chi connectivity index (χ1v) is 12.6. The fourth-order valence-electron chi connectivity index (χ4n) is 3.48. The largest absolute Gasteiger partial charge is 0.329 e. The van der Waals surface area contributed by atoms with Gasteiger partial charge in [0, 0.05) is 6.20 Å². The summed E-state index contributed by atoms with van der Waals surface area (Å²) in [7, 11) is 0. The summed E-state index contributed by atoms with van der Waals surface area (Å²) in [4.78, 5) is 0. The van der Waals surface area contributed by atoms with Crippen molar-refractivity contribution in [2.45, 2.75) is 26.9 Å². The maximum absolute atomic E-state index is 6.38. The highest BCUT2D eigenvalue weighted by atomic mass is 35.5. The Morgan fingerprint density at radius 3 is 2.00 bits per heavy atom. The average molecular weight is 589 g/mol. The molecule has 0 aliphatic heterocycles. The molecule has 2 heterocycles. The molecule has 182 valence electrons. The summed E-state index contributed by atoms with van der Waals surface area (Å²) in [5.74, 6) is 0.433. The minimum atomic E-state index is 0.340. The predicted octanol–water partition coefficient (Wildman–Crippen LogP) is 7.87. The molecule has 0 unspecified atom stereocenters. The Morgan fingerprint density at radius 1 is 0.800 bits per heavy atom. The second-order valence-corrected chi connectivity index (χ2v) is 10.2. The molecule has 0 radical (unpaired) electrons. The maximum atomic E-state index is 6.38. The average Bonchev–Trinajstić information content (AvgIpc) is 3.26. The number of rotatable bonds is 6. The molecule has 0 aliphatic carbocycles. The molecule has 0 saturated heterocycles. The van der Waals surface area contributed by atoms with Gasteiger partial charge in [-0.2, -0.15) is 10.2 Å². The van der Waals surface area contributed by atoms with Gasteiger partial charge in [-0.1, -0.05) is 70.1 Å². The fourth-order valence-corrected chi connectivity index (χ4v) is 4.52. The Balaban J connectivity index is 1.44. The van der Waals surface area contributed by atoms with Crippen LogP contribution in [-0.2, 0) is 13.1 Å². The Labute approximate surface area is 233 Å². The molecule has 35 heavy (non-hydrogen) atoms. The minimum absolute atomic E-state index is 0.340. The molecule has 12 heteroatoms. The van der Waals surface area contributed by atoms with E-state index < -0.39 is 0 Å². The first-order chi connectivity index (χ1) is 16.6. The van der Waals surface area contributed by atoms with Crippen LogP contribution < -0.4 is 10.6 Å². The topological polar surface area (TPSA) is 59.7 Å². The SMILES string of the molecule is Cc1nn(Cc2ccc(Cl)c(Cl)c2)c(C)c1NC(=S)Nc1nn(Cc2ccc(Cl)c(Cl)c2)cc1Cl. The summed E-state index contributed by atoms with van der Waals surface area (Å²) in [6.45, 7) is 4.87. The van der Waals surface area contributed by atoms with E-state index in [0.29, 0.717) is 49.1 Å². The van der Waals surface area contributed by atoms with Gasteiger partial charge in [-0.15, -0.1) is 0 Å². The van der Waals surface area contributed by atoms with Crippen LogP contribution in [0.1, 0.15) is 22.5 Å². The first-order valence-electron chi connectivity index (χ1n) is 10.3. The summed E-state index contributed by atoms with van der Waals surface area (Å²) < 4.78 is 3.57. The molecule has 2 N–H and O–H groups in total. The van der Waals surface area contributed by atoms with Crippen LogP contribution in [-0.4, -0.2) is 24.7 Å². The number of aryl methyl sites for hydroxylation is 1. The monoisotopic (exact) mass is 586 g/mol. The number of aromatic nitrogens is 4. The van der Waals surface area contributed by atoms with Gasteiger partial charge >= 0.3 is 0 Å². The normalized spacial score (nSPS) is 11.1. The molecule has 0 atom stereocenters. The van der Waals surface area contributed by atoms with Gasteiger partial charge < -0.3 is 10.6 Å². The fraction of sp³-hybridized carbons (Fsp3) is 0.174. The third-order valence-corrected chi connectivity index (χ3v) is 7.17.